The summed E-state index contributed by atoms with van der Waals surface area (Å²) in [5.74, 6) is 1.81. The smallest absolute Gasteiger partial charge is 0.247 e. The first-order valence-corrected chi connectivity index (χ1v) is 16.2. The van der Waals surface area contributed by atoms with E-state index in [1.54, 1.807) is 25.8 Å². The summed E-state index contributed by atoms with van der Waals surface area (Å²) in [5, 5.41) is 33.1. The highest BCUT2D eigenvalue weighted by Crippen LogP contribution is 2.31. The number of rotatable bonds is 12. The van der Waals surface area contributed by atoms with Gasteiger partial charge in [0, 0.05) is 33.2 Å². The third-order valence-electron chi connectivity index (χ3n) is 8.88. The monoisotopic (exact) mass is 664 g/mol. The molecule has 2 saturated heterocycles. The molecule has 4 atom stereocenters. The van der Waals surface area contributed by atoms with Crippen molar-refractivity contribution in [2.24, 2.45) is 0 Å². The van der Waals surface area contributed by atoms with Crippen molar-refractivity contribution in [1.82, 2.24) is 20.0 Å². The molecule has 48 heavy (non-hydrogen) atoms. The summed E-state index contributed by atoms with van der Waals surface area (Å²) < 4.78 is 11.3. The van der Waals surface area contributed by atoms with Crippen LogP contribution in [0.3, 0.4) is 0 Å². The van der Waals surface area contributed by atoms with Gasteiger partial charge in [0.2, 0.25) is 17.7 Å². The maximum absolute atomic E-state index is 13.2. The van der Waals surface area contributed by atoms with Crippen molar-refractivity contribution in [2.45, 2.75) is 63.8 Å². The van der Waals surface area contributed by atoms with Crippen LogP contribution in [0.4, 0.5) is 0 Å². The van der Waals surface area contributed by atoms with Gasteiger partial charge in [0.15, 0.2) is 0 Å². The minimum atomic E-state index is -1.27. The minimum Gasteiger partial charge on any atom is -0.388 e. The number of nitrogens with one attached hydrogen (secondary N) is 1. The molecule has 4 rings (SSSR count). The highest BCUT2D eigenvalue weighted by Gasteiger charge is 2.38. The first-order valence-electron chi connectivity index (χ1n) is 16.2. The SMILES string of the molecule is C#CCN(C)C(=O)CN1CCN(C(=O)C(C)(C)NC(=O)COCc2ccc(Cc3cc([C@@H]4OC[C@@H](O)[C@H](O)[C@H]4O)ccc3C)cc2)CC1. The van der Waals surface area contributed by atoms with Gasteiger partial charge in [0.1, 0.15) is 36.6 Å². The Hall–Kier alpha value is -3.83. The zero-order valence-electron chi connectivity index (χ0n) is 28.2. The summed E-state index contributed by atoms with van der Waals surface area (Å²) in [6, 6.07) is 13.6. The molecule has 0 unspecified atom stereocenters. The Kier molecular flexibility index (Phi) is 12.7. The maximum atomic E-state index is 13.2. The summed E-state index contributed by atoms with van der Waals surface area (Å²) in [6.07, 6.45) is 1.58. The van der Waals surface area contributed by atoms with Crippen molar-refractivity contribution in [3.05, 3.63) is 70.3 Å². The van der Waals surface area contributed by atoms with Crippen LogP contribution in [-0.2, 0) is 36.9 Å². The number of carbonyl (C=O) groups is 3. The van der Waals surface area contributed by atoms with Crippen LogP contribution < -0.4 is 5.32 Å². The Morgan fingerprint density at radius 1 is 1.04 bits per heavy atom. The average molecular weight is 665 g/mol. The van der Waals surface area contributed by atoms with Gasteiger partial charge in [-0.1, -0.05) is 48.4 Å². The molecule has 2 aliphatic heterocycles. The summed E-state index contributed by atoms with van der Waals surface area (Å²) in [7, 11) is 1.67. The van der Waals surface area contributed by atoms with Crippen LogP contribution >= 0.6 is 0 Å². The minimum absolute atomic E-state index is 0.0522. The number of hydrogen-bond acceptors (Lipinski definition) is 9. The lowest BCUT2D eigenvalue weighted by molar-refractivity contribution is -0.189. The molecule has 2 fully saturated rings. The fourth-order valence-electron chi connectivity index (χ4n) is 5.87. The van der Waals surface area contributed by atoms with Gasteiger partial charge in [-0.25, -0.2) is 0 Å². The molecular weight excluding hydrogens is 616 g/mol. The number of likely N-dealkylation sites (N-methyl/N-ethyl adjacent to an activating group) is 1. The van der Waals surface area contributed by atoms with E-state index in [0.717, 1.165) is 27.8 Å². The van der Waals surface area contributed by atoms with E-state index in [2.05, 4.69) is 11.2 Å². The molecule has 4 N–H and O–H groups in total. The molecule has 0 aliphatic carbocycles. The lowest BCUT2D eigenvalue weighted by atomic mass is 9.91. The first-order chi connectivity index (χ1) is 22.8. The first kappa shape index (κ1) is 37.0. The largest absolute Gasteiger partial charge is 0.388 e. The molecule has 260 valence electrons. The van der Waals surface area contributed by atoms with Crippen LogP contribution in [0.2, 0.25) is 0 Å². The lowest BCUT2D eigenvalue weighted by Crippen LogP contribution is -2.60. The molecule has 0 saturated carbocycles. The molecule has 0 spiro atoms. The molecule has 12 nitrogen and oxygen atoms in total. The molecular formula is C36H48N4O8. The number of terminal acetylenes is 1. The Labute approximate surface area is 282 Å². The Morgan fingerprint density at radius 3 is 2.38 bits per heavy atom. The van der Waals surface area contributed by atoms with Crippen molar-refractivity contribution >= 4 is 17.7 Å². The number of nitrogens with zero attached hydrogens (tertiary/aromatic N) is 3. The number of hydrogen-bond donors (Lipinski definition) is 4. The fraction of sp³-hybridized carbons (Fsp3) is 0.528. The third kappa shape index (κ3) is 9.63. The molecule has 2 aromatic carbocycles. The van der Waals surface area contributed by atoms with E-state index in [1.807, 2.05) is 54.3 Å². The highest BCUT2D eigenvalue weighted by atomic mass is 16.5. The van der Waals surface area contributed by atoms with Crippen molar-refractivity contribution in [2.75, 3.05) is 59.5 Å². The van der Waals surface area contributed by atoms with Crippen LogP contribution in [0.25, 0.3) is 0 Å². The van der Waals surface area contributed by atoms with Crippen molar-refractivity contribution in [3.8, 4) is 12.3 Å². The molecule has 3 amide bonds. The summed E-state index contributed by atoms with van der Waals surface area (Å²) >= 11 is 0. The van der Waals surface area contributed by atoms with E-state index in [1.165, 1.54) is 4.90 Å². The van der Waals surface area contributed by atoms with Crippen molar-refractivity contribution in [1.29, 1.82) is 0 Å². The second-order valence-corrected chi connectivity index (χ2v) is 13.2. The standard InChI is InChI=1S/C36H48N4O8/c1-6-13-38(5)31(43)20-39-14-16-40(17-15-39)35(46)36(3,4)37-30(42)23-47-21-26-10-8-25(9-11-26)18-28-19-27(12-7-24(28)2)34-33(45)32(44)29(41)22-48-34/h1,7-12,19,29,32-34,41,44-45H,13-18,20-23H2,2-5H3,(H,37,42)/t29-,32+,33-,34+/m1/s1. The lowest BCUT2D eigenvalue weighted by Gasteiger charge is -2.38. The number of aliphatic hydroxyl groups excluding tert-OH is 3. The van der Waals surface area contributed by atoms with Gasteiger partial charge in [0.25, 0.3) is 0 Å². The van der Waals surface area contributed by atoms with Crippen LogP contribution in [-0.4, -0.2) is 131 Å². The zero-order valence-corrected chi connectivity index (χ0v) is 28.2. The van der Waals surface area contributed by atoms with Crippen LogP contribution in [0.5, 0.6) is 0 Å². The Morgan fingerprint density at radius 2 is 1.71 bits per heavy atom. The fourth-order valence-corrected chi connectivity index (χ4v) is 5.87. The number of benzene rings is 2. The van der Waals surface area contributed by atoms with Gasteiger partial charge in [-0.3, -0.25) is 19.3 Å². The highest BCUT2D eigenvalue weighted by molar-refractivity contribution is 5.91. The zero-order chi connectivity index (χ0) is 35.0. The second-order valence-electron chi connectivity index (χ2n) is 13.2. The molecule has 2 aromatic rings. The van der Waals surface area contributed by atoms with Gasteiger partial charge in [0.05, 0.1) is 26.3 Å². The number of piperazine rings is 1. The number of aliphatic hydroxyl groups is 3. The number of amides is 3. The quantitative estimate of drug-likeness (QED) is 0.236. The topological polar surface area (TPSA) is 152 Å². The second kappa shape index (κ2) is 16.5. The summed E-state index contributed by atoms with van der Waals surface area (Å²) in [4.78, 5) is 43.4. The van der Waals surface area contributed by atoms with E-state index in [-0.39, 0.29) is 44.7 Å². The maximum Gasteiger partial charge on any atom is 0.247 e. The predicted molar refractivity (Wildman–Crippen MR) is 179 cm³/mol. The van der Waals surface area contributed by atoms with E-state index in [4.69, 9.17) is 15.9 Å². The molecule has 0 bridgehead atoms. The van der Waals surface area contributed by atoms with Crippen LogP contribution in [0.1, 0.15) is 47.8 Å². The molecule has 0 radical (unpaired) electrons. The molecule has 12 heteroatoms. The number of ether oxygens (including phenoxy) is 2. The van der Waals surface area contributed by atoms with E-state index in [0.29, 0.717) is 32.6 Å². The molecule has 0 aromatic heterocycles. The number of carbonyl (C=O) groups excluding carboxylic acids is 3. The number of aryl methyl sites for hydroxylation is 1. The molecule has 2 heterocycles. The predicted octanol–water partition coefficient (Wildman–Crippen LogP) is 0.387. The molecule has 2 aliphatic rings. The van der Waals surface area contributed by atoms with Crippen molar-refractivity contribution in [3.63, 3.8) is 0 Å². The van der Waals surface area contributed by atoms with Gasteiger partial charge in [-0.05, 0) is 55.0 Å². The van der Waals surface area contributed by atoms with E-state index < -0.39 is 35.9 Å². The van der Waals surface area contributed by atoms with E-state index >= 15 is 0 Å². The van der Waals surface area contributed by atoms with Gasteiger partial charge in [-0.15, -0.1) is 6.42 Å². The normalized spacial score (nSPS) is 21.8. The van der Waals surface area contributed by atoms with Crippen LogP contribution in [0.15, 0.2) is 42.5 Å². The Bertz CT molecular complexity index is 1470. The Balaban J connectivity index is 1.21. The van der Waals surface area contributed by atoms with Gasteiger partial charge in [-0.2, -0.15) is 0 Å². The van der Waals surface area contributed by atoms with Crippen LogP contribution in [0, 0.1) is 19.3 Å². The third-order valence-corrected chi connectivity index (χ3v) is 8.88. The summed E-state index contributed by atoms with van der Waals surface area (Å²) in [5.41, 5.74) is 3.68. The average Bonchev–Trinajstić information content (AvgIpc) is 3.05. The summed E-state index contributed by atoms with van der Waals surface area (Å²) in [6.45, 7) is 7.83. The van der Waals surface area contributed by atoms with Crippen molar-refractivity contribution < 1.29 is 39.2 Å². The van der Waals surface area contributed by atoms with Gasteiger partial charge < -0.3 is 39.9 Å². The van der Waals surface area contributed by atoms with E-state index in [9.17, 15) is 29.7 Å². The van der Waals surface area contributed by atoms with Gasteiger partial charge >= 0.3 is 0 Å².